The number of hydrogen-bond acceptors (Lipinski definition) is 6. The molecule has 3 rings (SSSR count). The fraction of sp³-hybridized carbons (Fsp3) is 0.263. The molecule has 0 fully saturated rings. The second kappa shape index (κ2) is 7.88. The molecular weight excluding hydrogens is 434 g/mol. The number of carbonyl (C=O) groups is 1. The molecule has 0 saturated heterocycles. The maximum Gasteiger partial charge on any atom is 0.255 e. The lowest BCUT2D eigenvalue weighted by molar-refractivity contribution is 0.102. The molecule has 0 radical (unpaired) electrons. The van der Waals surface area contributed by atoms with Crippen LogP contribution in [0.1, 0.15) is 22.8 Å². The van der Waals surface area contributed by atoms with Crippen LogP contribution in [0.5, 0.6) is 0 Å². The molecule has 2 aromatic rings. The number of sulfonamides is 1. The second-order valence-corrected chi connectivity index (χ2v) is 9.85. The van der Waals surface area contributed by atoms with Crippen molar-refractivity contribution in [2.75, 3.05) is 24.4 Å². The first-order valence-electron chi connectivity index (χ1n) is 8.74. The van der Waals surface area contributed by atoms with Crippen molar-refractivity contribution in [3.05, 3.63) is 59.2 Å². The van der Waals surface area contributed by atoms with Gasteiger partial charge in [-0.15, -0.1) is 11.8 Å². The zero-order valence-electron chi connectivity index (χ0n) is 16.4. The van der Waals surface area contributed by atoms with E-state index in [-0.39, 0.29) is 17.2 Å². The third kappa shape index (κ3) is 4.12. The Morgan fingerprint density at radius 3 is 2.47 bits per heavy atom. The molecule has 1 heterocycles. The van der Waals surface area contributed by atoms with Gasteiger partial charge in [-0.3, -0.25) is 4.79 Å². The number of nitrogens with one attached hydrogen (secondary N) is 1. The van der Waals surface area contributed by atoms with Gasteiger partial charge in [0.1, 0.15) is 5.54 Å². The van der Waals surface area contributed by atoms with Crippen LogP contribution in [0.3, 0.4) is 0 Å². The van der Waals surface area contributed by atoms with Crippen LogP contribution in [-0.2, 0) is 15.6 Å². The van der Waals surface area contributed by atoms with Crippen LogP contribution in [-0.4, -0.2) is 43.6 Å². The highest BCUT2D eigenvalue weighted by Crippen LogP contribution is 2.35. The van der Waals surface area contributed by atoms with Crippen molar-refractivity contribution in [3.8, 4) is 0 Å². The largest absolute Gasteiger partial charge is 0.369 e. The predicted octanol–water partition coefficient (Wildman–Crippen LogP) is 2.74. The van der Waals surface area contributed by atoms with Crippen molar-refractivity contribution in [1.82, 2.24) is 4.31 Å². The van der Waals surface area contributed by atoms with E-state index in [9.17, 15) is 22.0 Å². The molecule has 0 spiro atoms. The lowest BCUT2D eigenvalue weighted by Gasteiger charge is -2.34. The maximum atomic E-state index is 14.6. The van der Waals surface area contributed by atoms with Gasteiger partial charge in [-0.05, 0) is 43.5 Å². The van der Waals surface area contributed by atoms with Crippen LogP contribution in [0.2, 0.25) is 0 Å². The van der Waals surface area contributed by atoms with Crippen molar-refractivity contribution in [3.63, 3.8) is 0 Å². The van der Waals surface area contributed by atoms with Crippen molar-refractivity contribution in [2.45, 2.75) is 17.4 Å². The van der Waals surface area contributed by atoms with E-state index in [0.717, 1.165) is 15.3 Å². The number of nitrogens with zero attached hydrogens (tertiary/aromatic N) is 2. The molecule has 1 aliphatic heterocycles. The Hall–Kier alpha value is -2.66. The van der Waals surface area contributed by atoms with Crippen molar-refractivity contribution in [2.24, 2.45) is 10.7 Å². The number of aliphatic imine (C=N–C) groups is 1. The summed E-state index contributed by atoms with van der Waals surface area (Å²) in [6.07, 6.45) is 1.90. The highest BCUT2D eigenvalue weighted by atomic mass is 32.2. The van der Waals surface area contributed by atoms with E-state index in [1.807, 2.05) is 6.26 Å². The number of anilines is 1. The molecule has 11 heteroatoms. The zero-order chi connectivity index (χ0) is 22.3. The maximum absolute atomic E-state index is 14.6. The third-order valence-electron chi connectivity index (χ3n) is 4.78. The van der Waals surface area contributed by atoms with Gasteiger partial charge < -0.3 is 11.1 Å². The van der Waals surface area contributed by atoms with E-state index in [1.54, 1.807) is 24.3 Å². The molecule has 0 saturated carbocycles. The Kier molecular flexibility index (Phi) is 5.79. The van der Waals surface area contributed by atoms with Crippen molar-refractivity contribution >= 4 is 39.3 Å². The van der Waals surface area contributed by atoms with Crippen molar-refractivity contribution in [1.29, 1.82) is 0 Å². The van der Waals surface area contributed by atoms with Gasteiger partial charge in [0.2, 0.25) is 16.0 Å². The number of carbonyl (C=O) groups excluding carboxylic acids is 1. The molecule has 0 bridgehead atoms. The molecule has 1 atom stereocenters. The number of thioether (sulfide) groups is 1. The molecule has 160 valence electrons. The van der Waals surface area contributed by atoms with Gasteiger partial charge in [-0.25, -0.2) is 26.5 Å². The van der Waals surface area contributed by atoms with Gasteiger partial charge in [0, 0.05) is 34.8 Å². The summed E-state index contributed by atoms with van der Waals surface area (Å²) in [6, 6.07) is 8.74. The lowest BCUT2D eigenvalue weighted by Crippen LogP contribution is -2.50. The van der Waals surface area contributed by atoms with Crippen LogP contribution in [0.25, 0.3) is 0 Å². The summed E-state index contributed by atoms with van der Waals surface area (Å²) < 4.78 is 54.4. The predicted molar refractivity (Wildman–Crippen MR) is 113 cm³/mol. The number of rotatable bonds is 4. The first kappa shape index (κ1) is 22.0. The second-order valence-electron chi connectivity index (χ2n) is 6.97. The minimum absolute atomic E-state index is 0.0332. The number of benzene rings is 2. The molecule has 1 amide bonds. The van der Waals surface area contributed by atoms with Crippen LogP contribution < -0.4 is 11.1 Å². The summed E-state index contributed by atoms with van der Waals surface area (Å²) in [5.74, 6) is -3.97. The molecule has 3 N–H and O–H groups in total. The number of hydrogen-bond donors (Lipinski definition) is 2. The molecule has 30 heavy (non-hydrogen) atoms. The summed E-state index contributed by atoms with van der Waals surface area (Å²) in [5.41, 5.74) is 3.99. The molecule has 1 aliphatic rings. The van der Waals surface area contributed by atoms with E-state index in [0.29, 0.717) is 5.56 Å². The average molecular weight is 455 g/mol. The highest BCUT2D eigenvalue weighted by molar-refractivity contribution is 7.98. The summed E-state index contributed by atoms with van der Waals surface area (Å²) in [7, 11) is -2.66. The van der Waals surface area contributed by atoms with Crippen LogP contribution >= 0.6 is 11.8 Å². The van der Waals surface area contributed by atoms with E-state index in [4.69, 9.17) is 5.73 Å². The summed E-state index contributed by atoms with van der Waals surface area (Å²) in [5, 5.41) is 2.51. The first-order valence-corrected chi connectivity index (χ1v) is 11.6. The van der Waals surface area contributed by atoms with E-state index >= 15 is 0 Å². The minimum Gasteiger partial charge on any atom is -0.369 e. The van der Waals surface area contributed by atoms with Crippen LogP contribution in [0, 0.1) is 11.6 Å². The Balaban J connectivity index is 1.99. The fourth-order valence-electron chi connectivity index (χ4n) is 3.09. The topological polar surface area (TPSA) is 105 Å². The normalized spacial score (nSPS) is 20.6. The monoisotopic (exact) mass is 454 g/mol. The number of nitrogens with two attached hydrogens (primary N) is 1. The zero-order valence-corrected chi connectivity index (χ0v) is 18.1. The molecular formula is C19H20F2N4O3S2. The standard InChI is InChI=1S/C19H20F2N4O3S2/c1-19(10-30(27,28)25(2)18(22)24-19)14-8-12(9-15(20)16(14)21)23-17(26)11-4-6-13(29-3)7-5-11/h4-9H,10H2,1-3H3,(H2,22,24)(H,23,26)/t19-/m0/s1. The molecule has 7 nitrogen and oxygen atoms in total. The smallest absolute Gasteiger partial charge is 0.255 e. The van der Waals surface area contributed by atoms with Gasteiger partial charge in [-0.1, -0.05) is 0 Å². The molecule has 0 unspecified atom stereocenters. The SMILES string of the molecule is CSc1ccc(C(=O)Nc2cc(F)c(F)c([C@]3(C)CS(=O)(=O)N(C)C(N)=N3)c2)cc1. The number of halogens is 2. The van der Waals surface area contributed by atoms with Gasteiger partial charge >= 0.3 is 0 Å². The van der Waals surface area contributed by atoms with Crippen LogP contribution in [0.4, 0.5) is 14.5 Å². The summed E-state index contributed by atoms with van der Waals surface area (Å²) in [4.78, 5) is 17.5. The Labute approximate surface area is 177 Å². The van der Waals surface area contributed by atoms with Crippen molar-refractivity contribution < 1.29 is 22.0 Å². The Bertz CT molecular complexity index is 1140. The van der Waals surface area contributed by atoms with Gasteiger partial charge in [-0.2, -0.15) is 0 Å². The quantitative estimate of drug-likeness (QED) is 0.692. The highest BCUT2D eigenvalue weighted by Gasteiger charge is 2.42. The van der Waals surface area contributed by atoms with Crippen LogP contribution in [0.15, 0.2) is 46.3 Å². The molecule has 0 aromatic heterocycles. The summed E-state index contributed by atoms with van der Waals surface area (Å²) >= 11 is 1.52. The molecule has 0 aliphatic carbocycles. The first-order chi connectivity index (χ1) is 14.0. The minimum atomic E-state index is -3.88. The van der Waals surface area contributed by atoms with Gasteiger partial charge in [0.05, 0.1) is 5.75 Å². The van der Waals surface area contributed by atoms with E-state index < -0.39 is 38.9 Å². The lowest BCUT2D eigenvalue weighted by atomic mass is 9.93. The van der Waals surface area contributed by atoms with E-state index in [1.165, 1.54) is 31.8 Å². The average Bonchev–Trinajstić information content (AvgIpc) is 2.68. The Morgan fingerprint density at radius 1 is 1.27 bits per heavy atom. The Morgan fingerprint density at radius 2 is 1.90 bits per heavy atom. The molecule has 2 aromatic carbocycles. The fourth-order valence-corrected chi connectivity index (χ4v) is 4.94. The van der Waals surface area contributed by atoms with Gasteiger partial charge in [0.15, 0.2) is 11.6 Å². The number of amides is 1. The van der Waals surface area contributed by atoms with E-state index in [2.05, 4.69) is 10.3 Å². The number of guanidine groups is 1. The van der Waals surface area contributed by atoms with Gasteiger partial charge in [0.25, 0.3) is 5.91 Å². The third-order valence-corrected chi connectivity index (χ3v) is 7.48. The summed E-state index contributed by atoms with van der Waals surface area (Å²) in [6.45, 7) is 1.34.